The number of halogens is 2. The Morgan fingerprint density at radius 2 is 1.74 bits per heavy atom. The summed E-state index contributed by atoms with van der Waals surface area (Å²) < 4.78 is 33.5. The minimum atomic E-state index is -0.807. The van der Waals surface area contributed by atoms with E-state index in [-0.39, 0.29) is 41.2 Å². The summed E-state index contributed by atoms with van der Waals surface area (Å²) in [4.78, 5) is 29.3. The van der Waals surface area contributed by atoms with Crippen LogP contribution in [0.2, 0.25) is 0 Å². The number of hydrogen-bond donors (Lipinski definition) is 1. The third-order valence-corrected chi connectivity index (χ3v) is 4.68. The second-order valence-corrected chi connectivity index (χ2v) is 7.29. The number of rotatable bonds is 5. The molecule has 0 saturated carbocycles. The molecular formula is C22H18F2N4O3. The number of carbonyl (C=O) groups excluding carboxylic acids is 1. The third-order valence-electron chi connectivity index (χ3n) is 4.68. The quantitative estimate of drug-likeness (QED) is 0.524. The van der Waals surface area contributed by atoms with E-state index in [2.05, 4.69) is 15.5 Å². The average molecular weight is 424 g/mol. The highest BCUT2D eigenvalue weighted by atomic mass is 19.1. The molecule has 2 heterocycles. The monoisotopic (exact) mass is 424 g/mol. The Morgan fingerprint density at radius 3 is 2.42 bits per heavy atom. The molecule has 0 radical (unpaired) electrons. The average Bonchev–Trinajstić information content (AvgIpc) is 3.11. The van der Waals surface area contributed by atoms with Gasteiger partial charge >= 0.3 is 0 Å². The number of amides is 1. The van der Waals surface area contributed by atoms with Crippen molar-refractivity contribution >= 4 is 22.7 Å². The highest BCUT2D eigenvalue weighted by molar-refractivity contribution is 5.91. The maximum absolute atomic E-state index is 13.6. The zero-order chi connectivity index (χ0) is 22.1. The van der Waals surface area contributed by atoms with Crippen molar-refractivity contribution in [2.45, 2.75) is 26.8 Å². The second kappa shape index (κ2) is 8.10. The van der Waals surface area contributed by atoms with Gasteiger partial charge in [0.1, 0.15) is 29.0 Å². The summed E-state index contributed by atoms with van der Waals surface area (Å²) in [5.41, 5.74) is 2.19. The van der Waals surface area contributed by atoms with Gasteiger partial charge in [0.2, 0.25) is 5.91 Å². The number of nitrogens with zero attached hydrogens (tertiary/aromatic N) is 3. The predicted octanol–water partition coefficient (Wildman–Crippen LogP) is 3.98. The Kier molecular flexibility index (Phi) is 5.33. The normalized spacial score (nSPS) is 11.1. The Labute approximate surface area is 175 Å². The van der Waals surface area contributed by atoms with E-state index in [1.165, 1.54) is 10.9 Å². The first-order chi connectivity index (χ1) is 14.8. The molecule has 1 amide bonds. The lowest BCUT2D eigenvalue weighted by Gasteiger charge is -2.08. The number of fused-ring (bicyclic) bond motifs is 1. The van der Waals surface area contributed by atoms with E-state index in [4.69, 9.17) is 4.52 Å². The van der Waals surface area contributed by atoms with Crippen LogP contribution in [-0.4, -0.2) is 20.6 Å². The summed E-state index contributed by atoms with van der Waals surface area (Å²) in [7, 11) is 0. The lowest BCUT2D eigenvalue weighted by atomic mass is 10.1. The van der Waals surface area contributed by atoms with Crippen molar-refractivity contribution in [3.05, 3.63) is 75.8 Å². The van der Waals surface area contributed by atoms with Crippen molar-refractivity contribution in [3.63, 3.8) is 0 Å². The Balaban J connectivity index is 1.58. The molecule has 0 spiro atoms. The molecule has 7 nitrogen and oxygen atoms in total. The Hall–Kier alpha value is -3.88. The van der Waals surface area contributed by atoms with Crippen LogP contribution in [0.5, 0.6) is 0 Å². The van der Waals surface area contributed by atoms with Crippen molar-refractivity contribution in [1.29, 1.82) is 0 Å². The van der Waals surface area contributed by atoms with Crippen molar-refractivity contribution in [2.75, 3.05) is 5.32 Å². The number of aromatic nitrogens is 3. The van der Waals surface area contributed by atoms with Crippen LogP contribution in [0.3, 0.4) is 0 Å². The van der Waals surface area contributed by atoms with Gasteiger partial charge < -0.3 is 9.84 Å². The summed E-state index contributed by atoms with van der Waals surface area (Å²) >= 11 is 0. The highest BCUT2D eigenvalue weighted by Gasteiger charge is 2.18. The van der Waals surface area contributed by atoms with Gasteiger partial charge in [-0.15, -0.1) is 0 Å². The molecule has 4 aromatic rings. The zero-order valence-corrected chi connectivity index (χ0v) is 16.8. The number of carbonyl (C=O) groups is 1. The van der Waals surface area contributed by atoms with E-state index < -0.39 is 17.2 Å². The van der Waals surface area contributed by atoms with Crippen molar-refractivity contribution in [2.24, 2.45) is 0 Å². The molecule has 0 saturated heterocycles. The van der Waals surface area contributed by atoms with Crippen molar-refractivity contribution in [1.82, 2.24) is 14.7 Å². The van der Waals surface area contributed by atoms with Gasteiger partial charge in [0.15, 0.2) is 0 Å². The van der Waals surface area contributed by atoms with Crippen LogP contribution in [-0.2, 0) is 11.3 Å². The molecular weight excluding hydrogens is 406 g/mol. The molecule has 31 heavy (non-hydrogen) atoms. The first-order valence-electron chi connectivity index (χ1n) is 9.49. The molecule has 0 aliphatic heterocycles. The topological polar surface area (TPSA) is 90.0 Å². The van der Waals surface area contributed by atoms with E-state index >= 15 is 0 Å². The van der Waals surface area contributed by atoms with Crippen LogP contribution in [0.1, 0.15) is 17.5 Å². The summed E-state index contributed by atoms with van der Waals surface area (Å²) in [5.74, 6) is -1.88. The van der Waals surface area contributed by atoms with Crippen LogP contribution >= 0.6 is 0 Å². The number of anilines is 1. The number of nitrogens with one attached hydrogen (secondary N) is 1. The van der Waals surface area contributed by atoms with Gasteiger partial charge in [0.05, 0.1) is 0 Å². The van der Waals surface area contributed by atoms with Gasteiger partial charge in [-0.25, -0.2) is 13.8 Å². The number of aryl methyl sites for hydroxylation is 3. The molecule has 4 rings (SSSR count). The fourth-order valence-electron chi connectivity index (χ4n) is 3.42. The molecule has 0 aliphatic rings. The lowest BCUT2D eigenvalue weighted by Crippen LogP contribution is -2.23. The molecule has 2 aromatic heterocycles. The number of hydrogen-bond acceptors (Lipinski definition) is 5. The predicted molar refractivity (Wildman–Crippen MR) is 111 cm³/mol. The smallest absolute Gasteiger partial charge is 0.266 e. The van der Waals surface area contributed by atoms with Crippen LogP contribution < -0.4 is 10.9 Å². The zero-order valence-electron chi connectivity index (χ0n) is 16.8. The van der Waals surface area contributed by atoms with Gasteiger partial charge in [-0.1, -0.05) is 11.2 Å². The van der Waals surface area contributed by atoms with Gasteiger partial charge in [0.25, 0.3) is 11.3 Å². The molecule has 0 fully saturated rings. The van der Waals surface area contributed by atoms with E-state index in [9.17, 15) is 18.4 Å². The van der Waals surface area contributed by atoms with E-state index in [1.54, 1.807) is 0 Å². The standard InChI is InChI=1S/C22H18F2N4O3/c1-12-5-13(2)7-17(6-12)26-18(29)3-4-28-11-25-21-19(22(28)30)20(27-31-21)14-8-15(23)10-16(24)9-14/h5-11H,3-4H2,1-2H3,(H,26,29). The van der Waals surface area contributed by atoms with Crippen LogP contribution in [0.15, 0.2) is 52.0 Å². The molecule has 2 aromatic carbocycles. The molecule has 0 atom stereocenters. The van der Waals surface area contributed by atoms with Crippen molar-refractivity contribution < 1.29 is 18.1 Å². The Morgan fingerprint density at radius 1 is 1.06 bits per heavy atom. The fourth-order valence-corrected chi connectivity index (χ4v) is 3.42. The lowest BCUT2D eigenvalue weighted by molar-refractivity contribution is -0.116. The van der Waals surface area contributed by atoms with E-state index in [0.717, 1.165) is 29.3 Å². The van der Waals surface area contributed by atoms with Gasteiger partial charge in [-0.3, -0.25) is 14.2 Å². The summed E-state index contributed by atoms with van der Waals surface area (Å²) in [5, 5.41) is 6.55. The minimum absolute atomic E-state index is 0.0118. The maximum atomic E-state index is 13.6. The molecule has 0 unspecified atom stereocenters. The SMILES string of the molecule is Cc1cc(C)cc(NC(=O)CCn2cnc3onc(-c4cc(F)cc(F)c4)c3c2=O)c1. The molecule has 1 N–H and O–H groups in total. The summed E-state index contributed by atoms with van der Waals surface area (Å²) in [6.45, 7) is 3.93. The van der Waals surface area contributed by atoms with Gasteiger partial charge in [-0.2, -0.15) is 0 Å². The fraction of sp³-hybridized carbons (Fsp3) is 0.182. The van der Waals surface area contributed by atoms with Gasteiger partial charge in [0, 0.05) is 30.3 Å². The third kappa shape index (κ3) is 4.35. The second-order valence-electron chi connectivity index (χ2n) is 7.29. The van der Waals surface area contributed by atoms with E-state index in [0.29, 0.717) is 5.69 Å². The highest BCUT2D eigenvalue weighted by Crippen LogP contribution is 2.25. The minimum Gasteiger partial charge on any atom is -0.335 e. The summed E-state index contributed by atoms with van der Waals surface area (Å²) in [6, 6.07) is 8.52. The molecule has 0 bridgehead atoms. The van der Waals surface area contributed by atoms with Gasteiger partial charge in [-0.05, 0) is 49.2 Å². The molecule has 158 valence electrons. The molecule has 9 heteroatoms. The molecule has 0 aliphatic carbocycles. The Bertz CT molecular complexity index is 1320. The largest absolute Gasteiger partial charge is 0.335 e. The van der Waals surface area contributed by atoms with E-state index in [1.807, 2.05) is 32.0 Å². The van der Waals surface area contributed by atoms with Crippen molar-refractivity contribution in [3.8, 4) is 11.3 Å². The first kappa shape index (κ1) is 20.4. The number of benzene rings is 2. The van der Waals surface area contributed by atoms with Crippen LogP contribution in [0, 0.1) is 25.5 Å². The van der Waals surface area contributed by atoms with Crippen LogP contribution in [0.4, 0.5) is 14.5 Å². The van der Waals surface area contributed by atoms with Crippen LogP contribution in [0.25, 0.3) is 22.4 Å². The first-order valence-corrected chi connectivity index (χ1v) is 9.49. The maximum Gasteiger partial charge on any atom is 0.266 e. The summed E-state index contributed by atoms with van der Waals surface area (Å²) in [6.07, 6.45) is 1.27.